The van der Waals surface area contributed by atoms with E-state index in [-0.39, 0.29) is 12.8 Å². The van der Waals surface area contributed by atoms with Gasteiger partial charge in [-0.3, -0.25) is 0 Å². The van der Waals surface area contributed by atoms with E-state index in [0.29, 0.717) is 15.7 Å². The quantitative estimate of drug-likeness (QED) is 0.789. The Balaban J connectivity index is 1.83. The molecule has 2 rings (SSSR count). The first-order chi connectivity index (χ1) is 10.5. The van der Waals surface area contributed by atoms with Crippen LogP contribution in [0, 0.1) is 13.8 Å². The maximum atomic E-state index is 11.8. The van der Waals surface area contributed by atoms with E-state index >= 15 is 0 Å². The van der Waals surface area contributed by atoms with Gasteiger partial charge in [0.2, 0.25) is 0 Å². The maximum absolute atomic E-state index is 11.8. The van der Waals surface area contributed by atoms with E-state index < -0.39 is 0 Å². The molecule has 116 valence electrons. The number of benzene rings is 2. The summed E-state index contributed by atoms with van der Waals surface area (Å²) in [5.74, 6) is 0.737. The number of amides is 2. The van der Waals surface area contributed by atoms with Crippen LogP contribution in [-0.4, -0.2) is 12.8 Å². The number of aryl methyl sites for hydroxylation is 2. The molecule has 4 nitrogen and oxygen atoms in total. The van der Waals surface area contributed by atoms with Crippen LogP contribution < -0.4 is 15.4 Å². The van der Waals surface area contributed by atoms with Crippen LogP contribution in [0.2, 0.25) is 10.0 Å². The molecule has 2 aromatic rings. The van der Waals surface area contributed by atoms with Gasteiger partial charge in [-0.05, 0) is 43.7 Å². The molecular formula is C16H16Cl2N2O2. The molecule has 2 amide bonds. The van der Waals surface area contributed by atoms with Crippen molar-refractivity contribution >= 4 is 34.9 Å². The third-order valence-corrected chi connectivity index (χ3v) is 3.71. The van der Waals surface area contributed by atoms with Crippen LogP contribution in [0.25, 0.3) is 0 Å². The van der Waals surface area contributed by atoms with Gasteiger partial charge in [0.25, 0.3) is 0 Å². The lowest BCUT2D eigenvalue weighted by Gasteiger charge is -2.11. The van der Waals surface area contributed by atoms with Crippen molar-refractivity contribution in [2.45, 2.75) is 13.8 Å². The van der Waals surface area contributed by atoms with Gasteiger partial charge in [-0.2, -0.15) is 0 Å². The summed E-state index contributed by atoms with van der Waals surface area (Å²) >= 11 is 11.7. The Morgan fingerprint density at radius 2 is 1.86 bits per heavy atom. The van der Waals surface area contributed by atoms with E-state index in [9.17, 15) is 4.79 Å². The van der Waals surface area contributed by atoms with E-state index in [4.69, 9.17) is 27.9 Å². The number of halogens is 2. The minimum Gasteiger partial charge on any atom is -0.473 e. The molecule has 0 bridgehead atoms. The van der Waals surface area contributed by atoms with Gasteiger partial charge in [-0.15, -0.1) is 0 Å². The average Bonchev–Trinajstić information content (AvgIpc) is 2.45. The van der Waals surface area contributed by atoms with E-state index in [1.807, 2.05) is 32.0 Å². The third-order valence-electron chi connectivity index (χ3n) is 2.97. The largest absolute Gasteiger partial charge is 0.473 e. The monoisotopic (exact) mass is 338 g/mol. The summed E-state index contributed by atoms with van der Waals surface area (Å²) in [5.41, 5.74) is 2.74. The Morgan fingerprint density at radius 1 is 1.09 bits per heavy atom. The summed E-state index contributed by atoms with van der Waals surface area (Å²) < 4.78 is 5.52. The predicted molar refractivity (Wildman–Crippen MR) is 90.0 cm³/mol. The van der Waals surface area contributed by atoms with Crippen LogP contribution in [0.5, 0.6) is 5.75 Å². The normalized spacial score (nSPS) is 10.2. The number of ether oxygens (including phenoxy) is 1. The molecule has 2 N–H and O–H groups in total. The number of nitrogens with one attached hydrogen (secondary N) is 2. The highest BCUT2D eigenvalue weighted by molar-refractivity contribution is 6.42. The predicted octanol–water partition coefficient (Wildman–Crippen LogP) is 4.77. The summed E-state index contributed by atoms with van der Waals surface area (Å²) in [4.78, 5) is 11.8. The zero-order chi connectivity index (χ0) is 16.1. The smallest absolute Gasteiger partial charge is 0.321 e. The molecular weight excluding hydrogens is 323 g/mol. The van der Waals surface area contributed by atoms with Gasteiger partial charge in [-0.25, -0.2) is 4.79 Å². The van der Waals surface area contributed by atoms with Crippen molar-refractivity contribution in [3.63, 3.8) is 0 Å². The molecule has 2 aromatic carbocycles. The van der Waals surface area contributed by atoms with Crippen LogP contribution in [0.15, 0.2) is 36.4 Å². The molecule has 0 aromatic heterocycles. The number of anilines is 1. The lowest BCUT2D eigenvalue weighted by atomic mass is 10.1. The Kier molecular flexibility index (Phi) is 5.52. The number of urea groups is 1. The molecule has 0 unspecified atom stereocenters. The second-order valence-corrected chi connectivity index (χ2v) is 5.63. The van der Waals surface area contributed by atoms with E-state index in [1.54, 1.807) is 18.2 Å². The number of hydrogen-bond donors (Lipinski definition) is 2. The van der Waals surface area contributed by atoms with Crippen molar-refractivity contribution in [1.82, 2.24) is 5.32 Å². The fraction of sp³-hybridized carbons (Fsp3) is 0.188. The van der Waals surface area contributed by atoms with Crippen LogP contribution in [0.3, 0.4) is 0 Å². The SMILES string of the molecule is Cc1ccc(OCNC(=O)Nc2ccc(Cl)c(Cl)c2)c(C)c1. The summed E-state index contributed by atoms with van der Waals surface area (Å²) in [7, 11) is 0. The molecule has 0 aliphatic carbocycles. The lowest BCUT2D eigenvalue weighted by molar-refractivity contribution is 0.234. The summed E-state index contributed by atoms with van der Waals surface area (Å²) in [6.07, 6.45) is 0. The molecule has 6 heteroatoms. The highest BCUT2D eigenvalue weighted by Crippen LogP contribution is 2.24. The van der Waals surface area contributed by atoms with Gasteiger partial charge in [0.1, 0.15) is 5.75 Å². The van der Waals surface area contributed by atoms with E-state index in [0.717, 1.165) is 16.9 Å². The number of rotatable bonds is 4. The van der Waals surface area contributed by atoms with Crippen molar-refractivity contribution in [3.8, 4) is 5.75 Å². The summed E-state index contributed by atoms with van der Waals surface area (Å²) in [6.45, 7) is 4.04. The van der Waals surface area contributed by atoms with Crippen molar-refractivity contribution in [1.29, 1.82) is 0 Å². The molecule has 0 aliphatic rings. The minimum atomic E-state index is -0.386. The Morgan fingerprint density at radius 3 is 2.55 bits per heavy atom. The number of carbonyl (C=O) groups excluding carboxylic acids is 1. The fourth-order valence-electron chi connectivity index (χ4n) is 1.89. The van der Waals surface area contributed by atoms with Gasteiger partial charge in [0.05, 0.1) is 10.0 Å². The first-order valence-corrected chi connectivity index (χ1v) is 7.41. The van der Waals surface area contributed by atoms with Crippen LogP contribution in [0.4, 0.5) is 10.5 Å². The molecule has 0 fully saturated rings. The minimum absolute atomic E-state index is 0.0665. The second kappa shape index (κ2) is 7.38. The van der Waals surface area contributed by atoms with Crippen molar-refractivity contribution in [3.05, 3.63) is 57.6 Å². The molecule has 0 saturated carbocycles. The zero-order valence-electron chi connectivity index (χ0n) is 12.2. The zero-order valence-corrected chi connectivity index (χ0v) is 13.8. The number of hydrogen-bond acceptors (Lipinski definition) is 2. The molecule has 22 heavy (non-hydrogen) atoms. The molecule has 0 atom stereocenters. The Hall–Kier alpha value is -1.91. The standard InChI is InChI=1S/C16H16Cl2N2O2/c1-10-3-6-15(11(2)7-10)22-9-19-16(21)20-12-4-5-13(17)14(18)8-12/h3-8H,9H2,1-2H3,(H2,19,20,21). The molecule has 0 heterocycles. The van der Waals surface area contributed by atoms with Crippen molar-refractivity contribution in [2.75, 3.05) is 12.0 Å². The molecule has 0 spiro atoms. The van der Waals surface area contributed by atoms with Gasteiger partial charge < -0.3 is 15.4 Å². The Bertz CT molecular complexity index is 690. The van der Waals surface area contributed by atoms with Crippen molar-refractivity contribution < 1.29 is 9.53 Å². The highest BCUT2D eigenvalue weighted by Gasteiger charge is 2.05. The lowest BCUT2D eigenvalue weighted by Crippen LogP contribution is -2.32. The topological polar surface area (TPSA) is 50.4 Å². The van der Waals surface area contributed by atoms with Gasteiger partial charge in [0, 0.05) is 5.69 Å². The summed E-state index contributed by atoms with van der Waals surface area (Å²) in [5, 5.41) is 6.07. The average molecular weight is 339 g/mol. The van der Waals surface area contributed by atoms with Gasteiger partial charge in [-0.1, -0.05) is 40.9 Å². The van der Waals surface area contributed by atoms with Crippen LogP contribution in [0.1, 0.15) is 11.1 Å². The van der Waals surface area contributed by atoms with Crippen molar-refractivity contribution in [2.24, 2.45) is 0 Å². The van der Waals surface area contributed by atoms with Gasteiger partial charge in [0.15, 0.2) is 6.73 Å². The third kappa shape index (κ3) is 4.55. The van der Waals surface area contributed by atoms with E-state index in [1.165, 1.54) is 0 Å². The molecule has 0 aliphatic heterocycles. The first-order valence-electron chi connectivity index (χ1n) is 6.65. The van der Waals surface area contributed by atoms with Crippen LogP contribution in [-0.2, 0) is 0 Å². The molecule has 0 radical (unpaired) electrons. The Labute approximate surface area is 139 Å². The van der Waals surface area contributed by atoms with Crippen LogP contribution >= 0.6 is 23.2 Å². The van der Waals surface area contributed by atoms with E-state index in [2.05, 4.69) is 10.6 Å². The number of carbonyl (C=O) groups is 1. The maximum Gasteiger partial charge on any atom is 0.321 e. The van der Waals surface area contributed by atoms with Gasteiger partial charge >= 0.3 is 6.03 Å². The highest BCUT2D eigenvalue weighted by atomic mass is 35.5. The second-order valence-electron chi connectivity index (χ2n) is 4.82. The first kappa shape index (κ1) is 16.5. The summed E-state index contributed by atoms with van der Waals surface area (Å²) in [6, 6.07) is 10.3. The fourth-order valence-corrected chi connectivity index (χ4v) is 2.19. The molecule has 0 saturated heterocycles.